The van der Waals surface area contributed by atoms with Crippen LogP contribution in [0.2, 0.25) is 0 Å². The van der Waals surface area contributed by atoms with E-state index in [4.69, 9.17) is 4.74 Å². The Bertz CT molecular complexity index is 917. The van der Waals surface area contributed by atoms with E-state index in [-0.39, 0.29) is 30.3 Å². The smallest absolute Gasteiger partial charge is 0.242 e. The van der Waals surface area contributed by atoms with E-state index in [9.17, 15) is 9.59 Å². The summed E-state index contributed by atoms with van der Waals surface area (Å²) in [6.07, 6.45) is 4.39. The molecule has 6 heteroatoms. The molecule has 1 fully saturated rings. The molecule has 2 amide bonds. The van der Waals surface area contributed by atoms with Crippen molar-refractivity contribution in [2.75, 3.05) is 26.2 Å². The van der Waals surface area contributed by atoms with Gasteiger partial charge in [0, 0.05) is 23.9 Å². The number of carbonyl (C=O) groups excluding carboxylic acids is 2. The normalized spacial score (nSPS) is 17.9. The van der Waals surface area contributed by atoms with Crippen molar-refractivity contribution in [1.29, 1.82) is 0 Å². The molecule has 158 valence electrons. The molecule has 1 saturated carbocycles. The highest BCUT2D eigenvalue weighted by Gasteiger charge is 2.36. The van der Waals surface area contributed by atoms with Gasteiger partial charge in [-0.25, -0.2) is 0 Å². The van der Waals surface area contributed by atoms with Gasteiger partial charge in [0.2, 0.25) is 11.8 Å². The lowest BCUT2D eigenvalue weighted by molar-refractivity contribution is -0.142. The molecule has 0 unspecified atom stereocenters. The number of hydrogen-bond acceptors (Lipinski definition) is 4. The van der Waals surface area contributed by atoms with Gasteiger partial charge in [0.15, 0.2) is 0 Å². The molecule has 30 heavy (non-hydrogen) atoms. The minimum atomic E-state index is -0.143. The Morgan fingerprint density at radius 3 is 2.73 bits per heavy atom. The summed E-state index contributed by atoms with van der Waals surface area (Å²) in [5, 5.41) is 2.08. The second kappa shape index (κ2) is 9.04. The first-order chi connectivity index (χ1) is 14.6. The van der Waals surface area contributed by atoms with Gasteiger partial charge in [0.05, 0.1) is 6.04 Å². The van der Waals surface area contributed by atoms with Gasteiger partial charge >= 0.3 is 0 Å². The maximum Gasteiger partial charge on any atom is 0.242 e. The monoisotopic (exact) mass is 424 g/mol. The highest BCUT2D eigenvalue weighted by molar-refractivity contribution is 7.10. The molecule has 2 heterocycles. The zero-order valence-corrected chi connectivity index (χ0v) is 18.2. The van der Waals surface area contributed by atoms with Crippen molar-refractivity contribution in [3.63, 3.8) is 0 Å². The summed E-state index contributed by atoms with van der Waals surface area (Å²) in [5.41, 5.74) is 2.34. The number of thiophene rings is 1. The topological polar surface area (TPSA) is 49.9 Å². The summed E-state index contributed by atoms with van der Waals surface area (Å²) in [7, 11) is 0. The number of hydrogen-bond donors (Lipinski definition) is 0. The number of aryl methyl sites for hydroxylation is 1. The van der Waals surface area contributed by atoms with Crippen LogP contribution in [0.4, 0.5) is 0 Å². The number of fused-ring (bicyclic) bond motifs is 1. The van der Waals surface area contributed by atoms with Crippen LogP contribution in [-0.4, -0.2) is 47.9 Å². The highest BCUT2D eigenvalue weighted by Crippen LogP contribution is 2.35. The van der Waals surface area contributed by atoms with Crippen molar-refractivity contribution >= 4 is 23.2 Å². The number of nitrogens with zero attached hydrogens (tertiary/aromatic N) is 2. The van der Waals surface area contributed by atoms with Crippen LogP contribution in [0.5, 0.6) is 5.75 Å². The standard InChI is InChI=1S/C24H28N2O3S/c1-3-12-25(24(28)18-6-7-18)15-23(27)26-13-10-22-20(11-14-30-22)21(26)16-29-19-8-4-17(2)5-9-19/h3-5,8-9,11,14,18,21H,1,6-7,10,12-13,15-16H2,2H3/t21-/m0/s1. The maximum atomic E-state index is 13.3. The van der Waals surface area contributed by atoms with E-state index in [1.807, 2.05) is 36.1 Å². The van der Waals surface area contributed by atoms with Crippen LogP contribution in [0.25, 0.3) is 0 Å². The Hall–Kier alpha value is -2.60. The largest absolute Gasteiger partial charge is 0.491 e. The highest BCUT2D eigenvalue weighted by atomic mass is 32.1. The van der Waals surface area contributed by atoms with Gasteiger partial charge in [-0.2, -0.15) is 0 Å². The van der Waals surface area contributed by atoms with E-state index in [0.717, 1.165) is 30.6 Å². The summed E-state index contributed by atoms with van der Waals surface area (Å²) in [6, 6.07) is 9.91. The zero-order valence-electron chi connectivity index (χ0n) is 17.4. The first-order valence-corrected chi connectivity index (χ1v) is 11.4. The van der Waals surface area contributed by atoms with Gasteiger partial charge in [-0.1, -0.05) is 23.8 Å². The molecule has 5 nitrogen and oxygen atoms in total. The number of ether oxygens (including phenoxy) is 1. The lowest BCUT2D eigenvalue weighted by Crippen LogP contribution is -2.48. The summed E-state index contributed by atoms with van der Waals surface area (Å²) >= 11 is 1.73. The number of carbonyl (C=O) groups is 2. The van der Waals surface area contributed by atoms with E-state index in [2.05, 4.69) is 18.0 Å². The van der Waals surface area contributed by atoms with Gasteiger partial charge < -0.3 is 14.5 Å². The number of benzene rings is 1. The summed E-state index contributed by atoms with van der Waals surface area (Å²) in [5.74, 6) is 0.931. The Morgan fingerprint density at radius 1 is 1.27 bits per heavy atom. The Balaban J connectivity index is 1.49. The number of rotatable bonds is 8. The minimum absolute atomic E-state index is 0.0276. The molecule has 0 bridgehead atoms. The third-order valence-corrected chi connectivity index (χ3v) is 6.75. The molecule has 1 aliphatic heterocycles. The fraction of sp³-hybridized carbons (Fsp3) is 0.417. The molecule has 2 aromatic rings. The van der Waals surface area contributed by atoms with E-state index < -0.39 is 0 Å². The Kier molecular flexibility index (Phi) is 6.23. The lowest BCUT2D eigenvalue weighted by atomic mass is 10.0. The van der Waals surface area contributed by atoms with E-state index >= 15 is 0 Å². The molecule has 0 radical (unpaired) electrons. The SMILES string of the molecule is C=CCN(CC(=O)N1CCc2sccc2[C@@H]1COc1ccc(C)cc1)C(=O)C1CC1. The first kappa shape index (κ1) is 20.7. The Morgan fingerprint density at radius 2 is 2.03 bits per heavy atom. The quantitative estimate of drug-likeness (QED) is 0.602. The molecular weight excluding hydrogens is 396 g/mol. The molecule has 1 atom stereocenters. The molecule has 0 saturated heterocycles. The summed E-state index contributed by atoms with van der Waals surface area (Å²) in [4.78, 5) is 30.7. The lowest BCUT2D eigenvalue weighted by Gasteiger charge is -2.37. The van der Waals surface area contributed by atoms with Crippen molar-refractivity contribution in [1.82, 2.24) is 9.80 Å². The van der Waals surface area contributed by atoms with Crippen molar-refractivity contribution in [2.24, 2.45) is 5.92 Å². The van der Waals surface area contributed by atoms with Crippen LogP contribution >= 0.6 is 11.3 Å². The molecule has 0 spiro atoms. The Labute approximate surface area is 181 Å². The van der Waals surface area contributed by atoms with E-state index in [1.165, 1.54) is 10.4 Å². The fourth-order valence-electron chi connectivity index (χ4n) is 3.92. The van der Waals surface area contributed by atoms with Crippen molar-refractivity contribution in [3.05, 3.63) is 64.4 Å². The van der Waals surface area contributed by atoms with Gasteiger partial charge in [0.1, 0.15) is 18.9 Å². The number of amides is 2. The third kappa shape index (κ3) is 4.59. The predicted molar refractivity (Wildman–Crippen MR) is 119 cm³/mol. The maximum absolute atomic E-state index is 13.3. The summed E-state index contributed by atoms with van der Waals surface area (Å²) < 4.78 is 6.07. The average Bonchev–Trinajstić information content (AvgIpc) is 3.49. The predicted octanol–water partition coefficient (Wildman–Crippen LogP) is 3.99. The van der Waals surface area contributed by atoms with E-state index in [0.29, 0.717) is 19.7 Å². The average molecular weight is 425 g/mol. The van der Waals surface area contributed by atoms with Crippen LogP contribution in [-0.2, 0) is 16.0 Å². The van der Waals surface area contributed by atoms with Gasteiger partial charge in [-0.3, -0.25) is 9.59 Å². The molecule has 1 aromatic carbocycles. The first-order valence-electron chi connectivity index (χ1n) is 10.5. The molecular formula is C24H28N2O3S. The van der Waals surface area contributed by atoms with Crippen LogP contribution in [0.1, 0.15) is 34.9 Å². The van der Waals surface area contributed by atoms with Crippen LogP contribution < -0.4 is 4.74 Å². The molecule has 0 N–H and O–H groups in total. The molecule has 4 rings (SSSR count). The van der Waals surface area contributed by atoms with Gasteiger partial charge in [-0.15, -0.1) is 17.9 Å². The molecule has 1 aliphatic carbocycles. The fourth-order valence-corrected chi connectivity index (χ4v) is 4.84. The van der Waals surface area contributed by atoms with Gasteiger partial charge in [0.25, 0.3) is 0 Å². The van der Waals surface area contributed by atoms with Crippen molar-refractivity contribution in [2.45, 2.75) is 32.2 Å². The van der Waals surface area contributed by atoms with Crippen LogP contribution in [0, 0.1) is 12.8 Å². The summed E-state index contributed by atoms with van der Waals surface area (Å²) in [6.45, 7) is 7.35. The zero-order chi connectivity index (χ0) is 21.1. The van der Waals surface area contributed by atoms with Crippen molar-refractivity contribution < 1.29 is 14.3 Å². The molecule has 2 aliphatic rings. The third-order valence-electron chi connectivity index (χ3n) is 5.76. The molecule has 1 aromatic heterocycles. The van der Waals surface area contributed by atoms with Crippen LogP contribution in [0.3, 0.4) is 0 Å². The van der Waals surface area contributed by atoms with Crippen molar-refractivity contribution in [3.8, 4) is 5.75 Å². The van der Waals surface area contributed by atoms with E-state index in [1.54, 1.807) is 22.3 Å². The van der Waals surface area contributed by atoms with Crippen LogP contribution in [0.15, 0.2) is 48.4 Å². The second-order valence-electron chi connectivity index (χ2n) is 8.06. The second-order valence-corrected chi connectivity index (χ2v) is 9.06. The minimum Gasteiger partial charge on any atom is -0.491 e. The van der Waals surface area contributed by atoms with Gasteiger partial charge in [-0.05, 0) is 55.3 Å².